The highest BCUT2D eigenvalue weighted by molar-refractivity contribution is 7.99. The van der Waals surface area contributed by atoms with E-state index in [4.69, 9.17) is 0 Å². The minimum Gasteiger partial charge on any atom is -0.316 e. The van der Waals surface area contributed by atoms with E-state index in [1.54, 1.807) is 0 Å². The standard InChI is InChI=1S/C14H31NS/c1-3-5-6-7-8-9-10-11-12-15-13-14-16-4-2/h15H,3-14H2,1-2H3. The van der Waals surface area contributed by atoms with Crippen LogP contribution in [0.2, 0.25) is 0 Å². The van der Waals surface area contributed by atoms with E-state index in [1.165, 1.54) is 76.0 Å². The lowest BCUT2D eigenvalue weighted by Crippen LogP contribution is -2.18. The Kier molecular flexibility index (Phi) is 15.6. The molecule has 1 N–H and O–H groups in total. The van der Waals surface area contributed by atoms with E-state index in [-0.39, 0.29) is 0 Å². The van der Waals surface area contributed by atoms with Crippen molar-refractivity contribution in [2.75, 3.05) is 24.6 Å². The molecule has 0 saturated heterocycles. The van der Waals surface area contributed by atoms with Gasteiger partial charge in [-0.15, -0.1) is 0 Å². The zero-order valence-corrected chi connectivity index (χ0v) is 12.2. The van der Waals surface area contributed by atoms with Gasteiger partial charge in [-0.3, -0.25) is 0 Å². The number of nitrogens with one attached hydrogen (secondary N) is 1. The van der Waals surface area contributed by atoms with Crippen molar-refractivity contribution in [2.24, 2.45) is 0 Å². The summed E-state index contributed by atoms with van der Waals surface area (Å²) in [5.41, 5.74) is 0. The van der Waals surface area contributed by atoms with Crippen LogP contribution >= 0.6 is 11.8 Å². The molecule has 0 aromatic carbocycles. The predicted octanol–water partition coefficient (Wildman–Crippen LogP) is 4.47. The average molecular weight is 245 g/mol. The highest BCUT2D eigenvalue weighted by Gasteiger charge is 1.91. The number of hydrogen-bond donors (Lipinski definition) is 1. The topological polar surface area (TPSA) is 12.0 Å². The summed E-state index contributed by atoms with van der Waals surface area (Å²) in [5.74, 6) is 2.52. The van der Waals surface area contributed by atoms with Gasteiger partial charge < -0.3 is 5.32 Å². The lowest BCUT2D eigenvalue weighted by atomic mass is 10.1. The molecule has 0 fully saturated rings. The van der Waals surface area contributed by atoms with Gasteiger partial charge in [0.15, 0.2) is 0 Å². The maximum atomic E-state index is 3.51. The second kappa shape index (κ2) is 15.3. The van der Waals surface area contributed by atoms with Crippen molar-refractivity contribution >= 4 is 11.8 Å². The van der Waals surface area contributed by atoms with Gasteiger partial charge in [-0.1, -0.05) is 58.8 Å². The fourth-order valence-corrected chi connectivity index (χ4v) is 2.37. The van der Waals surface area contributed by atoms with Crippen LogP contribution in [0.4, 0.5) is 0 Å². The smallest absolute Gasteiger partial charge is 0.00579 e. The van der Waals surface area contributed by atoms with Crippen LogP contribution in [0.15, 0.2) is 0 Å². The first kappa shape index (κ1) is 16.3. The van der Waals surface area contributed by atoms with Gasteiger partial charge in [0.1, 0.15) is 0 Å². The van der Waals surface area contributed by atoms with Crippen molar-refractivity contribution in [1.29, 1.82) is 0 Å². The number of rotatable bonds is 13. The Morgan fingerprint density at radius 3 is 2.00 bits per heavy atom. The van der Waals surface area contributed by atoms with E-state index >= 15 is 0 Å². The summed E-state index contributed by atoms with van der Waals surface area (Å²) in [6.07, 6.45) is 11.4. The zero-order valence-electron chi connectivity index (χ0n) is 11.4. The Bertz CT molecular complexity index is 103. The summed E-state index contributed by atoms with van der Waals surface area (Å²) in [6, 6.07) is 0. The fourth-order valence-electron chi connectivity index (χ4n) is 1.80. The van der Waals surface area contributed by atoms with Crippen LogP contribution < -0.4 is 5.32 Å². The van der Waals surface area contributed by atoms with Gasteiger partial charge in [0, 0.05) is 12.3 Å². The fraction of sp³-hybridized carbons (Fsp3) is 1.00. The van der Waals surface area contributed by atoms with E-state index < -0.39 is 0 Å². The first-order valence-corrected chi connectivity index (χ1v) is 8.35. The highest BCUT2D eigenvalue weighted by Crippen LogP contribution is 2.07. The first-order chi connectivity index (χ1) is 7.91. The third-order valence-electron chi connectivity index (χ3n) is 2.83. The second-order valence-corrected chi connectivity index (χ2v) is 5.82. The molecule has 0 unspecified atom stereocenters. The van der Waals surface area contributed by atoms with Crippen LogP contribution in [0.25, 0.3) is 0 Å². The van der Waals surface area contributed by atoms with Crippen molar-refractivity contribution in [1.82, 2.24) is 5.32 Å². The van der Waals surface area contributed by atoms with Crippen molar-refractivity contribution in [3.8, 4) is 0 Å². The number of unbranched alkanes of at least 4 members (excludes halogenated alkanes) is 7. The first-order valence-electron chi connectivity index (χ1n) is 7.20. The average Bonchev–Trinajstić information content (AvgIpc) is 2.31. The molecule has 98 valence electrons. The van der Waals surface area contributed by atoms with Crippen molar-refractivity contribution in [3.63, 3.8) is 0 Å². The quantitative estimate of drug-likeness (QED) is 0.481. The molecule has 0 amide bonds. The summed E-state index contributed by atoms with van der Waals surface area (Å²) < 4.78 is 0. The Morgan fingerprint density at radius 2 is 1.38 bits per heavy atom. The molecule has 0 saturated carbocycles. The molecule has 0 aliphatic rings. The van der Waals surface area contributed by atoms with Crippen molar-refractivity contribution in [2.45, 2.75) is 65.2 Å². The van der Waals surface area contributed by atoms with Crippen LogP contribution in [0.3, 0.4) is 0 Å². The van der Waals surface area contributed by atoms with Gasteiger partial charge in [-0.25, -0.2) is 0 Å². The van der Waals surface area contributed by atoms with Crippen LogP contribution in [-0.4, -0.2) is 24.6 Å². The number of hydrogen-bond acceptors (Lipinski definition) is 2. The molecule has 0 aromatic heterocycles. The van der Waals surface area contributed by atoms with Crippen LogP contribution in [0.5, 0.6) is 0 Å². The molecule has 16 heavy (non-hydrogen) atoms. The van der Waals surface area contributed by atoms with E-state index in [1.807, 2.05) is 11.8 Å². The third-order valence-corrected chi connectivity index (χ3v) is 3.74. The summed E-state index contributed by atoms with van der Waals surface area (Å²) in [6.45, 7) is 6.92. The summed E-state index contributed by atoms with van der Waals surface area (Å²) in [7, 11) is 0. The maximum absolute atomic E-state index is 3.51. The summed E-state index contributed by atoms with van der Waals surface area (Å²) in [4.78, 5) is 0. The minimum atomic E-state index is 1.19. The van der Waals surface area contributed by atoms with Crippen LogP contribution in [-0.2, 0) is 0 Å². The van der Waals surface area contributed by atoms with Gasteiger partial charge >= 0.3 is 0 Å². The SMILES string of the molecule is CCCCCCCCCCNCCSCC. The maximum Gasteiger partial charge on any atom is 0.00579 e. The molecule has 0 aliphatic heterocycles. The van der Waals surface area contributed by atoms with Gasteiger partial charge in [0.05, 0.1) is 0 Å². The van der Waals surface area contributed by atoms with E-state index in [9.17, 15) is 0 Å². The molecule has 0 atom stereocenters. The molecule has 0 aromatic rings. The third kappa shape index (κ3) is 14.3. The molecule has 0 rings (SSSR count). The molecule has 0 bridgehead atoms. The lowest BCUT2D eigenvalue weighted by Gasteiger charge is -2.04. The van der Waals surface area contributed by atoms with E-state index in [0.717, 1.165) is 0 Å². The highest BCUT2D eigenvalue weighted by atomic mass is 32.2. The Labute approximate surface area is 107 Å². The van der Waals surface area contributed by atoms with Crippen molar-refractivity contribution in [3.05, 3.63) is 0 Å². The molecule has 0 spiro atoms. The molecule has 1 nitrogen and oxygen atoms in total. The van der Waals surface area contributed by atoms with Gasteiger partial charge in [0.25, 0.3) is 0 Å². The predicted molar refractivity (Wildman–Crippen MR) is 78.5 cm³/mol. The van der Waals surface area contributed by atoms with Crippen LogP contribution in [0, 0.1) is 0 Å². The van der Waals surface area contributed by atoms with Crippen LogP contribution in [0.1, 0.15) is 65.2 Å². The van der Waals surface area contributed by atoms with Gasteiger partial charge in [-0.2, -0.15) is 11.8 Å². The minimum absolute atomic E-state index is 1.19. The summed E-state index contributed by atoms with van der Waals surface area (Å²) >= 11 is 2.03. The zero-order chi connectivity index (χ0) is 11.9. The molecule has 0 heterocycles. The Hall–Kier alpha value is 0.310. The Morgan fingerprint density at radius 1 is 0.750 bits per heavy atom. The van der Waals surface area contributed by atoms with Gasteiger partial charge in [-0.05, 0) is 18.7 Å². The summed E-state index contributed by atoms with van der Waals surface area (Å²) in [5, 5.41) is 3.51. The van der Waals surface area contributed by atoms with E-state index in [2.05, 4.69) is 19.2 Å². The Balaban J connectivity index is 2.83. The molecular weight excluding hydrogens is 214 g/mol. The molecule has 0 radical (unpaired) electrons. The van der Waals surface area contributed by atoms with Gasteiger partial charge in [0.2, 0.25) is 0 Å². The normalized spacial score (nSPS) is 10.9. The number of thioether (sulfide) groups is 1. The molecule has 0 aliphatic carbocycles. The second-order valence-electron chi connectivity index (χ2n) is 4.42. The molecular formula is C14H31NS. The largest absolute Gasteiger partial charge is 0.316 e. The lowest BCUT2D eigenvalue weighted by molar-refractivity contribution is 0.560. The monoisotopic (exact) mass is 245 g/mol. The molecule has 2 heteroatoms. The van der Waals surface area contributed by atoms with E-state index in [0.29, 0.717) is 0 Å². The van der Waals surface area contributed by atoms with Crippen molar-refractivity contribution < 1.29 is 0 Å².